The third kappa shape index (κ3) is 1.87. The number of hydrogen-bond donors (Lipinski definition) is 3. The summed E-state index contributed by atoms with van der Waals surface area (Å²) in [4.78, 5) is 11.1. The lowest BCUT2D eigenvalue weighted by Crippen LogP contribution is -2.43. The number of sulfonamides is 1. The summed E-state index contributed by atoms with van der Waals surface area (Å²) < 4.78 is 25.5. The maximum Gasteiger partial charge on any atom is 0.249 e. The fourth-order valence-corrected chi connectivity index (χ4v) is 3.61. The summed E-state index contributed by atoms with van der Waals surface area (Å²) >= 11 is 0. The van der Waals surface area contributed by atoms with E-state index in [2.05, 4.69) is 10.2 Å². The Morgan fingerprint density at radius 3 is 2.82 bits per heavy atom. The lowest BCUT2D eigenvalue weighted by molar-refractivity contribution is -0.121. The van der Waals surface area contributed by atoms with Gasteiger partial charge in [-0.25, -0.2) is 8.42 Å². The van der Waals surface area contributed by atoms with Gasteiger partial charge in [-0.1, -0.05) is 0 Å². The van der Waals surface area contributed by atoms with Gasteiger partial charge in [0.2, 0.25) is 15.9 Å². The zero-order valence-electron chi connectivity index (χ0n) is 8.96. The van der Waals surface area contributed by atoms with Gasteiger partial charge >= 0.3 is 0 Å². The molecule has 1 aliphatic rings. The Bertz CT molecular complexity index is 537. The molecular weight excluding hydrogens is 246 g/mol. The van der Waals surface area contributed by atoms with Crippen molar-refractivity contribution in [2.45, 2.75) is 23.8 Å². The van der Waals surface area contributed by atoms with Crippen LogP contribution in [0.2, 0.25) is 0 Å². The highest BCUT2D eigenvalue weighted by atomic mass is 32.2. The second kappa shape index (κ2) is 4.00. The van der Waals surface area contributed by atoms with Crippen LogP contribution in [-0.4, -0.2) is 41.4 Å². The molecule has 1 aromatic heterocycles. The molecule has 5 N–H and O–H groups in total. The number of nitrogens with two attached hydrogens (primary N) is 2. The van der Waals surface area contributed by atoms with Gasteiger partial charge in [0, 0.05) is 6.54 Å². The standard InChI is InChI=1S/C8H13N5O3S/c9-7-6(4-11-12-7)17(15,16)13-3-1-2-5(13)8(10)14/h4-5H,1-3H2,(H2,10,14)(H3,9,11,12). The van der Waals surface area contributed by atoms with Crippen LogP contribution in [-0.2, 0) is 14.8 Å². The fourth-order valence-electron chi connectivity index (χ4n) is 1.93. The number of nitrogens with one attached hydrogen (secondary N) is 1. The van der Waals surface area contributed by atoms with Crippen LogP contribution in [0.25, 0.3) is 0 Å². The van der Waals surface area contributed by atoms with Crippen LogP contribution in [0.5, 0.6) is 0 Å². The molecule has 17 heavy (non-hydrogen) atoms. The Balaban J connectivity index is 2.40. The number of rotatable bonds is 3. The zero-order chi connectivity index (χ0) is 12.6. The predicted molar refractivity (Wildman–Crippen MR) is 59.1 cm³/mol. The molecule has 2 heterocycles. The molecule has 1 amide bonds. The van der Waals surface area contributed by atoms with Crippen molar-refractivity contribution in [3.05, 3.63) is 6.20 Å². The maximum absolute atomic E-state index is 12.2. The summed E-state index contributed by atoms with van der Waals surface area (Å²) in [6, 6.07) is -0.797. The molecule has 0 aromatic carbocycles. The lowest BCUT2D eigenvalue weighted by atomic mass is 10.2. The van der Waals surface area contributed by atoms with Crippen molar-refractivity contribution in [2.75, 3.05) is 12.3 Å². The van der Waals surface area contributed by atoms with E-state index in [-0.39, 0.29) is 17.3 Å². The number of hydrogen-bond acceptors (Lipinski definition) is 5. The molecule has 1 aliphatic heterocycles. The van der Waals surface area contributed by atoms with Crippen molar-refractivity contribution in [3.63, 3.8) is 0 Å². The Morgan fingerprint density at radius 2 is 2.29 bits per heavy atom. The van der Waals surface area contributed by atoms with Crippen LogP contribution in [0.1, 0.15) is 12.8 Å². The number of nitrogens with zero attached hydrogens (tertiary/aromatic N) is 2. The molecule has 1 atom stereocenters. The highest BCUT2D eigenvalue weighted by Gasteiger charge is 2.39. The molecule has 0 spiro atoms. The number of carbonyl (C=O) groups is 1. The third-order valence-corrected chi connectivity index (χ3v) is 4.69. The number of amides is 1. The molecular formula is C8H13N5O3S. The summed E-state index contributed by atoms with van der Waals surface area (Å²) in [6.45, 7) is 0.264. The van der Waals surface area contributed by atoms with Gasteiger partial charge in [-0.2, -0.15) is 9.40 Å². The highest BCUT2D eigenvalue weighted by molar-refractivity contribution is 7.89. The highest BCUT2D eigenvalue weighted by Crippen LogP contribution is 2.27. The number of H-pyrrole nitrogens is 1. The number of nitrogen functional groups attached to an aromatic ring is 1. The summed E-state index contributed by atoms with van der Waals surface area (Å²) in [5.74, 6) is -0.687. The first-order valence-electron chi connectivity index (χ1n) is 5.04. The largest absolute Gasteiger partial charge is 0.383 e. The first kappa shape index (κ1) is 11.9. The van der Waals surface area contributed by atoms with Crippen LogP contribution in [0.3, 0.4) is 0 Å². The molecule has 0 bridgehead atoms. The van der Waals surface area contributed by atoms with Crippen LogP contribution >= 0.6 is 0 Å². The van der Waals surface area contributed by atoms with Crippen molar-refractivity contribution in [2.24, 2.45) is 5.73 Å². The molecule has 9 heteroatoms. The van der Waals surface area contributed by atoms with Gasteiger partial charge in [-0.15, -0.1) is 0 Å². The van der Waals surface area contributed by atoms with E-state index in [0.717, 1.165) is 10.5 Å². The summed E-state index contributed by atoms with van der Waals surface area (Å²) in [6.07, 6.45) is 2.16. The second-order valence-electron chi connectivity index (χ2n) is 3.82. The molecule has 1 aromatic rings. The minimum Gasteiger partial charge on any atom is -0.383 e. The van der Waals surface area contributed by atoms with Gasteiger partial charge in [-0.05, 0) is 12.8 Å². The minimum absolute atomic E-state index is 0.0416. The van der Waals surface area contributed by atoms with Crippen LogP contribution < -0.4 is 11.5 Å². The van der Waals surface area contributed by atoms with E-state index in [1.165, 1.54) is 0 Å². The van der Waals surface area contributed by atoms with Gasteiger partial charge < -0.3 is 11.5 Å². The van der Waals surface area contributed by atoms with E-state index in [0.29, 0.717) is 12.8 Å². The van der Waals surface area contributed by atoms with Crippen LogP contribution in [0.4, 0.5) is 5.82 Å². The van der Waals surface area contributed by atoms with Crippen molar-refractivity contribution in [1.29, 1.82) is 0 Å². The van der Waals surface area contributed by atoms with E-state index in [1.54, 1.807) is 0 Å². The van der Waals surface area contributed by atoms with Gasteiger partial charge in [0.05, 0.1) is 6.20 Å². The van der Waals surface area contributed by atoms with E-state index in [9.17, 15) is 13.2 Å². The van der Waals surface area contributed by atoms with E-state index in [4.69, 9.17) is 11.5 Å². The summed E-state index contributed by atoms with van der Waals surface area (Å²) in [5.41, 5.74) is 10.7. The van der Waals surface area contributed by atoms with Gasteiger partial charge in [-0.3, -0.25) is 9.89 Å². The van der Waals surface area contributed by atoms with Crippen LogP contribution in [0, 0.1) is 0 Å². The normalized spacial score (nSPS) is 21.8. The lowest BCUT2D eigenvalue weighted by Gasteiger charge is -2.20. The molecule has 0 aliphatic carbocycles. The Kier molecular flexibility index (Phi) is 2.79. The molecule has 8 nitrogen and oxygen atoms in total. The van der Waals surface area contributed by atoms with Crippen molar-refractivity contribution < 1.29 is 13.2 Å². The number of aromatic amines is 1. The fraction of sp³-hybridized carbons (Fsp3) is 0.500. The molecule has 94 valence electrons. The topological polar surface area (TPSA) is 135 Å². The Labute approximate surface area is 98.0 Å². The SMILES string of the molecule is NC(=O)C1CCCN1S(=O)(=O)c1cn[nH]c1N. The van der Waals surface area contributed by atoms with Crippen molar-refractivity contribution in [3.8, 4) is 0 Å². The van der Waals surface area contributed by atoms with Gasteiger partial charge in [0.15, 0.2) is 0 Å². The quantitative estimate of drug-likeness (QED) is 0.615. The summed E-state index contributed by atoms with van der Waals surface area (Å²) in [5, 5.41) is 5.91. The molecule has 1 fully saturated rings. The number of anilines is 1. The number of primary amides is 1. The Hall–Kier alpha value is -1.61. The Morgan fingerprint density at radius 1 is 1.59 bits per heavy atom. The maximum atomic E-state index is 12.2. The molecule has 1 saturated heterocycles. The van der Waals surface area contributed by atoms with E-state index >= 15 is 0 Å². The zero-order valence-corrected chi connectivity index (χ0v) is 9.77. The average Bonchev–Trinajstić information content (AvgIpc) is 2.84. The smallest absolute Gasteiger partial charge is 0.249 e. The average molecular weight is 259 g/mol. The van der Waals surface area contributed by atoms with Crippen LogP contribution in [0.15, 0.2) is 11.1 Å². The monoisotopic (exact) mass is 259 g/mol. The second-order valence-corrected chi connectivity index (χ2v) is 5.68. The van der Waals surface area contributed by atoms with Crippen molar-refractivity contribution in [1.82, 2.24) is 14.5 Å². The third-order valence-electron chi connectivity index (χ3n) is 2.75. The first-order chi connectivity index (χ1) is 7.94. The molecule has 0 radical (unpaired) electrons. The van der Waals surface area contributed by atoms with Crippen molar-refractivity contribution >= 4 is 21.7 Å². The summed E-state index contributed by atoms with van der Waals surface area (Å²) in [7, 11) is -3.81. The first-order valence-corrected chi connectivity index (χ1v) is 6.48. The molecule has 1 unspecified atom stereocenters. The number of carbonyl (C=O) groups excluding carboxylic acids is 1. The predicted octanol–water partition coefficient (Wildman–Crippen LogP) is -1.37. The van der Waals surface area contributed by atoms with E-state index < -0.39 is 22.0 Å². The molecule has 0 saturated carbocycles. The number of aromatic nitrogens is 2. The molecule has 2 rings (SSSR count). The van der Waals surface area contributed by atoms with Gasteiger partial charge in [0.25, 0.3) is 0 Å². The van der Waals surface area contributed by atoms with E-state index in [1.807, 2.05) is 0 Å². The minimum atomic E-state index is -3.81. The van der Waals surface area contributed by atoms with Gasteiger partial charge in [0.1, 0.15) is 16.8 Å².